The molecule has 7 nitrogen and oxygen atoms in total. The lowest BCUT2D eigenvalue weighted by molar-refractivity contribution is -0.384. The first-order valence-corrected chi connectivity index (χ1v) is 6.50. The van der Waals surface area contributed by atoms with Crippen molar-refractivity contribution in [3.8, 4) is 0 Å². The van der Waals surface area contributed by atoms with Crippen molar-refractivity contribution in [3.63, 3.8) is 0 Å². The lowest BCUT2D eigenvalue weighted by atomic mass is 10.3. The lowest BCUT2D eigenvalue weighted by Crippen LogP contribution is -2.09. The summed E-state index contributed by atoms with van der Waals surface area (Å²) < 4.78 is 3.16. The average Bonchev–Trinajstić information content (AvgIpc) is 2.78. The van der Waals surface area contributed by atoms with Crippen molar-refractivity contribution in [2.24, 2.45) is 14.1 Å². The summed E-state index contributed by atoms with van der Waals surface area (Å²) in [4.78, 5) is 10.6. The van der Waals surface area contributed by atoms with Crippen LogP contribution in [0.15, 0.2) is 6.07 Å². The number of hydrogen-bond donors (Lipinski definition) is 1. The summed E-state index contributed by atoms with van der Waals surface area (Å²) in [7, 11) is 3.42. The first-order chi connectivity index (χ1) is 9.32. The maximum atomic E-state index is 11.1. The van der Waals surface area contributed by atoms with Gasteiger partial charge in [-0.05, 0) is 13.0 Å². The molecule has 0 saturated carbocycles. The van der Waals surface area contributed by atoms with Crippen molar-refractivity contribution >= 4 is 34.7 Å². The summed E-state index contributed by atoms with van der Waals surface area (Å²) in [6.07, 6.45) is 0. The molecule has 0 aliphatic rings. The molecule has 2 aromatic rings. The number of nitrogens with one attached hydrogen (secondary N) is 1. The molecule has 0 saturated heterocycles. The van der Waals surface area contributed by atoms with Crippen molar-refractivity contribution in [1.82, 2.24) is 14.3 Å². The van der Waals surface area contributed by atoms with E-state index in [0.717, 1.165) is 5.69 Å². The molecule has 0 amide bonds. The summed E-state index contributed by atoms with van der Waals surface area (Å²) in [5.74, 6) is 0.348. The Bertz CT molecular complexity index is 677. The molecular weight excluding hydrogens is 305 g/mol. The summed E-state index contributed by atoms with van der Waals surface area (Å²) in [6.45, 7) is 1.95. The zero-order valence-electron chi connectivity index (χ0n) is 11.1. The average molecular weight is 318 g/mol. The van der Waals surface area contributed by atoms with Gasteiger partial charge in [0.1, 0.15) is 10.8 Å². The van der Waals surface area contributed by atoms with Crippen molar-refractivity contribution < 1.29 is 4.92 Å². The minimum Gasteiger partial charge on any atom is -0.359 e. The largest absolute Gasteiger partial charge is 0.359 e. The standard InChI is InChI=1S/C11H13Cl2N5O2/c1-6-9(18(19)20)11(17(3)15-6)14-5-7-4-8(12)10(13)16(7)2/h4,14H,5H2,1-3H3. The molecular formula is C11H13Cl2N5O2. The van der Waals surface area contributed by atoms with Crippen LogP contribution in [0.25, 0.3) is 0 Å². The Kier molecular flexibility index (Phi) is 3.92. The highest BCUT2D eigenvalue weighted by Gasteiger charge is 2.24. The Morgan fingerprint density at radius 3 is 2.60 bits per heavy atom. The third-order valence-corrected chi connectivity index (χ3v) is 3.87. The smallest absolute Gasteiger partial charge is 0.333 e. The van der Waals surface area contributed by atoms with Crippen molar-refractivity contribution in [2.75, 3.05) is 5.32 Å². The van der Waals surface area contributed by atoms with Gasteiger partial charge in [-0.3, -0.25) is 10.1 Å². The normalized spacial score (nSPS) is 10.8. The number of aromatic nitrogens is 3. The van der Waals surface area contributed by atoms with Crippen LogP contribution in [0, 0.1) is 17.0 Å². The minimum atomic E-state index is -0.449. The van der Waals surface area contributed by atoms with E-state index in [-0.39, 0.29) is 5.69 Å². The zero-order valence-corrected chi connectivity index (χ0v) is 12.7. The molecule has 0 aromatic carbocycles. The molecule has 0 atom stereocenters. The number of aryl methyl sites for hydroxylation is 2. The monoisotopic (exact) mass is 317 g/mol. The summed E-state index contributed by atoms with van der Waals surface area (Å²) in [6, 6.07) is 1.71. The Labute approximate surface area is 125 Å². The Morgan fingerprint density at radius 1 is 1.45 bits per heavy atom. The van der Waals surface area contributed by atoms with E-state index in [9.17, 15) is 10.1 Å². The first-order valence-electron chi connectivity index (χ1n) is 5.74. The zero-order chi connectivity index (χ0) is 15.0. The Hall–Kier alpha value is -1.73. The van der Waals surface area contributed by atoms with Crippen LogP contribution in [0.3, 0.4) is 0 Å². The molecule has 0 aliphatic carbocycles. The van der Waals surface area contributed by atoms with E-state index in [0.29, 0.717) is 28.2 Å². The van der Waals surface area contributed by atoms with Crippen LogP contribution in [0.5, 0.6) is 0 Å². The van der Waals surface area contributed by atoms with Crippen LogP contribution in [0.4, 0.5) is 11.5 Å². The predicted octanol–water partition coefficient (Wildman–Crippen LogP) is 2.89. The van der Waals surface area contributed by atoms with Crippen LogP contribution in [-0.2, 0) is 20.6 Å². The number of nitrogens with zero attached hydrogens (tertiary/aromatic N) is 4. The molecule has 0 radical (unpaired) electrons. The van der Waals surface area contributed by atoms with E-state index >= 15 is 0 Å². The van der Waals surface area contributed by atoms with Crippen molar-refractivity contribution in [1.29, 1.82) is 0 Å². The quantitative estimate of drug-likeness (QED) is 0.694. The number of anilines is 1. The second kappa shape index (κ2) is 5.34. The third kappa shape index (κ3) is 2.46. The number of hydrogen-bond acceptors (Lipinski definition) is 4. The van der Waals surface area contributed by atoms with E-state index in [1.807, 2.05) is 0 Å². The lowest BCUT2D eigenvalue weighted by Gasteiger charge is -2.07. The minimum absolute atomic E-state index is 0.0288. The third-order valence-electron chi connectivity index (χ3n) is 3.03. The Balaban J connectivity index is 2.27. The fraction of sp³-hybridized carbons (Fsp3) is 0.364. The summed E-state index contributed by atoms with van der Waals surface area (Å²) in [5, 5.41) is 19.0. The molecule has 2 rings (SSSR count). The molecule has 2 aromatic heterocycles. The van der Waals surface area contributed by atoms with Crippen molar-refractivity contribution in [2.45, 2.75) is 13.5 Å². The number of halogens is 2. The molecule has 20 heavy (non-hydrogen) atoms. The van der Waals surface area contributed by atoms with E-state index in [4.69, 9.17) is 23.2 Å². The van der Waals surface area contributed by atoms with E-state index in [1.54, 1.807) is 31.7 Å². The second-order valence-electron chi connectivity index (χ2n) is 4.35. The highest BCUT2D eigenvalue weighted by molar-refractivity contribution is 6.41. The molecule has 0 spiro atoms. The van der Waals surface area contributed by atoms with Crippen LogP contribution >= 0.6 is 23.2 Å². The van der Waals surface area contributed by atoms with Gasteiger partial charge in [0.05, 0.1) is 16.5 Å². The molecule has 9 heteroatoms. The molecule has 108 valence electrons. The summed E-state index contributed by atoms with van der Waals surface area (Å²) >= 11 is 11.9. The topological polar surface area (TPSA) is 77.9 Å². The second-order valence-corrected chi connectivity index (χ2v) is 5.12. The number of nitro groups is 1. The van der Waals surface area contributed by atoms with Gasteiger partial charge >= 0.3 is 5.69 Å². The van der Waals surface area contributed by atoms with Gasteiger partial charge in [0.25, 0.3) is 0 Å². The fourth-order valence-electron chi connectivity index (χ4n) is 2.00. The molecule has 0 bridgehead atoms. The van der Waals surface area contributed by atoms with Gasteiger partial charge < -0.3 is 9.88 Å². The molecule has 0 unspecified atom stereocenters. The predicted molar refractivity (Wildman–Crippen MR) is 77.4 cm³/mol. The van der Waals surface area contributed by atoms with Gasteiger partial charge in [-0.15, -0.1) is 0 Å². The van der Waals surface area contributed by atoms with Crippen LogP contribution in [0.1, 0.15) is 11.4 Å². The maximum Gasteiger partial charge on any atom is 0.333 e. The van der Waals surface area contributed by atoms with Gasteiger partial charge in [0.2, 0.25) is 5.82 Å². The van der Waals surface area contributed by atoms with Crippen LogP contribution in [0.2, 0.25) is 10.2 Å². The highest BCUT2D eigenvalue weighted by Crippen LogP contribution is 2.29. The molecule has 0 fully saturated rings. The van der Waals surface area contributed by atoms with Crippen molar-refractivity contribution in [3.05, 3.63) is 37.7 Å². The maximum absolute atomic E-state index is 11.1. The van der Waals surface area contributed by atoms with Gasteiger partial charge in [-0.1, -0.05) is 23.2 Å². The summed E-state index contributed by atoms with van der Waals surface area (Å²) in [5.41, 5.74) is 1.15. The van der Waals surface area contributed by atoms with Gasteiger partial charge in [-0.2, -0.15) is 5.10 Å². The first kappa shape index (κ1) is 14.7. The van der Waals surface area contributed by atoms with Gasteiger partial charge in [0, 0.05) is 19.8 Å². The SMILES string of the molecule is Cc1nn(C)c(NCc2cc(Cl)c(Cl)n2C)c1[N+](=O)[O-]. The number of rotatable bonds is 4. The van der Waals surface area contributed by atoms with Crippen LogP contribution in [-0.4, -0.2) is 19.3 Å². The molecule has 1 N–H and O–H groups in total. The van der Waals surface area contributed by atoms with Gasteiger partial charge in [-0.25, -0.2) is 4.68 Å². The Morgan fingerprint density at radius 2 is 2.10 bits per heavy atom. The fourth-order valence-corrected chi connectivity index (χ4v) is 2.41. The van der Waals surface area contributed by atoms with E-state index < -0.39 is 4.92 Å². The molecule has 0 aliphatic heterocycles. The highest BCUT2D eigenvalue weighted by atomic mass is 35.5. The van der Waals surface area contributed by atoms with E-state index in [1.165, 1.54) is 4.68 Å². The van der Waals surface area contributed by atoms with Crippen LogP contribution < -0.4 is 5.32 Å². The molecule has 2 heterocycles. The van der Waals surface area contributed by atoms with E-state index in [2.05, 4.69) is 10.4 Å². The van der Waals surface area contributed by atoms with Gasteiger partial charge in [0.15, 0.2) is 0 Å².